The fourth-order valence-corrected chi connectivity index (χ4v) is 2.16. The van der Waals surface area contributed by atoms with Gasteiger partial charge in [-0.2, -0.15) is 0 Å². The fraction of sp³-hybridized carbons (Fsp3) is 0.462. The zero-order valence-corrected chi connectivity index (χ0v) is 12.1. The van der Waals surface area contributed by atoms with Crippen molar-refractivity contribution in [1.82, 2.24) is 25.2 Å². The number of pyridine rings is 1. The first kappa shape index (κ1) is 13.7. The van der Waals surface area contributed by atoms with Crippen LogP contribution in [0.15, 0.2) is 24.4 Å². The fourth-order valence-electron chi connectivity index (χ4n) is 1.82. The molecule has 2 heterocycles. The predicted octanol–water partition coefficient (Wildman–Crippen LogP) is 1.53. The summed E-state index contributed by atoms with van der Waals surface area (Å²) >= 11 is 5.17. The first-order valence-corrected chi connectivity index (χ1v) is 6.90. The van der Waals surface area contributed by atoms with Crippen LogP contribution in [0.2, 0.25) is 0 Å². The second kappa shape index (κ2) is 6.47. The number of fused-ring (bicyclic) bond motifs is 1. The summed E-state index contributed by atoms with van der Waals surface area (Å²) in [6, 6.07) is 6.27. The number of aryl methyl sites for hydroxylation is 1. The number of nitrogens with zero attached hydrogens (tertiary/aromatic N) is 3. The summed E-state index contributed by atoms with van der Waals surface area (Å²) in [6.45, 7) is 4.97. The summed E-state index contributed by atoms with van der Waals surface area (Å²) in [5.74, 6) is 0.986. The minimum absolute atomic E-state index is 0.362. The zero-order chi connectivity index (χ0) is 13.7. The van der Waals surface area contributed by atoms with Gasteiger partial charge in [0.05, 0.1) is 0 Å². The lowest BCUT2D eigenvalue weighted by Gasteiger charge is -2.12. The number of nitrogens with one attached hydrogen (secondary N) is 2. The molecule has 2 aromatic rings. The largest absolute Gasteiger partial charge is 0.363 e. The van der Waals surface area contributed by atoms with E-state index in [0.29, 0.717) is 11.2 Å². The Hall–Kier alpha value is -1.69. The molecular weight excluding hydrogens is 258 g/mol. The summed E-state index contributed by atoms with van der Waals surface area (Å²) in [5.41, 5.74) is 0.891. The van der Waals surface area contributed by atoms with E-state index in [0.717, 1.165) is 30.9 Å². The summed E-state index contributed by atoms with van der Waals surface area (Å²) in [7, 11) is 0. The lowest BCUT2D eigenvalue weighted by atomic mass is 10.3. The van der Waals surface area contributed by atoms with Crippen LogP contribution in [-0.2, 0) is 6.42 Å². The van der Waals surface area contributed by atoms with Gasteiger partial charge in [-0.25, -0.2) is 0 Å². The van der Waals surface area contributed by atoms with Crippen molar-refractivity contribution in [1.29, 1.82) is 0 Å². The van der Waals surface area contributed by atoms with Crippen molar-refractivity contribution in [3.8, 4) is 0 Å². The van der Waals surface area contributed by atoms with Crippen LogP contribution in [-0.4, -0.2) is 32.3 Å². The van der Waals surface area contributed by atoms with Crippen molar-refractivity contribution in [2.24, 2.45) is 0 Å². The summed E-state index contributed by atoms with van der Waals surface area (Å²) in [6.07, 6.45) is 3.83. The molecule has 0 aliphatic heterocycles. The van der Waals surface area contributed by atoms with Crippen LogP contribution in [0, 0.1) is 0 Å². The van der Waals surface area contributed by atoms with Crippen LogP contribution in [0.3, 0.4) is 0 Å². The van der Waals surface area contributed by atoms with Gasteiger partial charge in [0.1, 0.15) is 5.82 Å². The Kier molecular flexibility index (Phi) is 4.68. The van der Waals surface area contributed by atoms with Gasteiger partial charge in [-0.05, 0) is 44.6 Å². The molecule has 0 spiro atoms. The molecule has 0 aliphatic carbocycles. The van der Waals surface area contributed by atoms with E-state index in [1.54, 1.807) is 0 Å². The van der Waals surface area contributed by atoms with Crippen LogP contribution in [0.25, 0.3) is 5.65 Å². The highest BCUT2D eigenvalue weighted by molar-refractivity contribution is 7.80. The van der Waals surface area contributed by atoms with Crippen molar-refractivity contribution < 1.29 is 0 Å². The van der Waals surface area contributed by atoms with Crippen molar-refractivity contribution in [3.63, 3.8) is 0 Å². The lowest BCUT2D eigenvalue weighted by Crippen LogP contribution is -2.39. The maximum absolute atomic E-state index is 5.17. The van der Waals surface area contributed by atoms with E-state index in [1.165, 1.54) is 0 Å². The van der Waals surface area contributed by atoms with Gasteiger partial charge in [0.2, 0.25) is 0 Å². The van der Waals surface area contributed by atoms with Gasteiger partial charge >= 0.3 is 0 Å². The van der Waals surface area contributed by atoms with Gasteiger partial charge in [0.15, 0.2) is 10.8 Å². The molecule has 0 unspecified atom stereocenters. The normalized spacial score (nSPS) is 10.9. The Morgan fingerprint density at radius 3 is 3.00 bits per heavy atom. The molecule has 0 saturated heterocycles. The highest BCUT2D eigenvalue weighted by Gasteiger charge is 2.04. The van der Waals surface area contributed by atoms with E-state index in [1.807, 2.05) is 28.8 Å². The Morgan fingerprint density at radius 1 is 1.37 bits per heavy atom. The standard InChI is InChI=1S/C13H19N5S/c1-10(2)15-13(19)14-8-5-7-12-17-16-11-6-3-4-9-18(11)12/h3-4,6,9-10H,5,7-8H2,1-2H3,(H2,14,15,19). The third-order valence-electron chi connectivity index (χ3n) is 2.67. The third kappa shape index (κ3) is 3.89. The number of rotatable bonds is 5. The molecule has 0 saturated carbocycles. The number of thiocarbonyl (C=S) groups is 1. The zero-order valence-electron chi connectivity index (χ0n) is 11.3. The molecule has 0 bridgehead atoms. The highest BCUT2D eigenvalue weighted by Crippen LogP contribution is 2.04. The molecule has 5 nitrogen and oxygen atoms in total. The molecule has 2 rings (SSSR count). The molecule has 0 amide bonds. The lowest BCUT2D eigenvalue weighted by molar-refractivity contribution is 0.688. The summed E-state index contributed by atoms with van der Waals surface area (Å²) in [5, 5.41) is 15.4. The van der Waals surface area contributed by atoms with Crippen LogP contribution in [0.5, 0.6) is 0 Å². The minimum Gasteiger partial charge on any atom is -0.363 e. The Labute approximate surface area is 118 Å². The predicted molar refractivity (Wildman–Crippen MR) is 80.2 cm³/mol. The molecule has 6 heteroatoms. The van der Waals surface area contributed by atoms with E-state index in [4.69, 9.17) is 12.2 Å². The second-order valence-electron chi connectivity index (χ2n) is 4.70. The van der Waals surface area contributed by atoms with Crippen LogP contribution in [0.4, 0.5) is 0 Å². The van der Waals surface area contributed by atoms with E-state index in [2.05, 4.69) is 34.7 Å². The van der Waals surface area contributed by atoms with Gasteiger partial charge in [-0.1, -0.05) is 6.07 Å². The quantitative estimate of drug-likeness (QED) is 0.641. The molecule has 19 heavy (non-hydrogen) atoms. The molecule has 0 atom stereocenters. The van der Waals surface area contributed by atoms with Crippen LogP contribution in [0.1, 0.15) is 26.1 Å². The third-order valence-corrected chi connectivity index (χ3v) is 2.93. The Morgan fingerprint density at radius 2 is 2.21 bits per heavy atom. The summed E-state index contributed by atoms with van der Waals surface area (Å²) in [4.78, 5) is 0. The number of aromatic nitrogens is 3. The molecule has 0 aromatic carbocycles. The average Bonchev–Trinajstić information content (AvgIpc) is 2.77. The molecular formula is C13H19N5S. The Bertz CT molecular complexity index is 549. The summed E-state index contributed by atoms with van der Waals surface area (Å²) < 4.78 is 2.02. The maximum atomic E-state index is 5.17. The van der Waals surface area contributed by atoms with Gasteiger partial charge < -0.3 is 10.6 Å². The Balaban J connectivity index is 1.78. The van der Waals surface area contributed by atoms with Gasteiger partial charge in [0.25, 0.3) is 0 Å². The minimum atomic E-state index is 0.362. The molecule has 0 radical (unpaired) electrons. The topological polar surface area (TPSA) is 54.2 Å². The van der Waals surface area contributed by atoms with E-state index in [-0.39, 0.29) is 0 Å². The average molecular weight is 277 g/mol. The molecule has 102 valence electrons. The first-order valence-electron chi connectivity index (χ1n) is 6.50. The molecule has 2 N–H and O–H groups in total. The van der Waals surface area contributed by atoms with Crippen LogP contribution < -0.4 is 10.6 Å². The van der Waals surface area contributed by atoms with Crippen molar-refractivity contribution in [2.75, 3.05) is 6.54 Å². The molecule has 0 aliphatic rings. The second-order valence-corrected chi connectivity index (χ2v) is 5.11. The van der Waals surface area contributed by atoms with Crippen molar-refractivity contribution in [2.45, 2.75) is 32.7 Å². The SMILES string of the molecule is CC(C)NC(=S)NCCCc1nnc2ccccn12. The van der Waals surface area contributed by atoms with Crippen molar-refractivity contribution >= 4 is 23.0 Å². The first-order chi connectivity index (χ1) is 9.16. The monoisotopic (exact) mass is 277 g/mol. The van der Waals surface area contributed by atoms with Crippen molar-refractivity contribution in [3.05, 3.63) is 30.2 Å². The van der Waals surface area contributed by atoms with Crippen LogP contribution >= 0.6 is 12.2 Å². The van der Waals surface area contributed by atoms with Gasteiger partial charge in [-0.3, -0.25) is 4.40 Å². The molecule has 0 fully saturated rings. The highest BCUT2D eigenvalue weighted by atomic mass is 32.1. The maximum Gasteiger partial charge on any atom is 0.166 e. The van der Waals surface area contributed by atoms with E-state index >= 15 is 0 Å². The smallest absolute Gasteiger partial charge is 0.166 e. The number of hydrogen-bond donors (Lipinski definition) is 2. The van der Waals surface area contributed by atoms with E-state index in [9.17, 15) is 0 Å². The van der Waals surface area contributed by atoms with Gasteiger partial charge in [-0.15, -0.1) is 10.2 Å². The molecule has 2 aromatic heterocycles. The van der Waals surface area contributed by atoms with E-state index < -0.39 is 0 Å². The number of hydrogen-bond acceptors (Lipinski definition) is 3. The van der Waals surface area contributed by atoms with Gasteiger partial charge in [0, 0.05) is 25.2 Å².